The molecule has 5 nitrogen and oxygen atoms in total. The van der Waals surface area contributed by atoms with E-state index in [1.54, 1.807) is 24.3 Å². The highest BCUT2D eigenvalue weighted by Crippen LogP contribution is 2.23. The number of likely N-dealkylation sites (tertiary alicyclic amines) is 1. The lowest BCUT2D eigenvalue weighted by Crippen LogP contribution is -2.47. The first-order valence-electron chi connectivity index (χ1n) is 10.2. The smallest absolute Gasteiger partial charge is 0.226 e. The number of benzene rings is 2. The van der Waals surface area contributed by atoms with Crippen molar-refractivity contribution < 1.29 is 18.7 Å². The molecule has 0 saturated carbocycles. The molecule has 0 aromatic heterocycles. The topological polar surface area (TPSA) is 58.6 Å². The fourth-order valence-corrected chi connectivity index (χ4v) is 3.63. The van der Waals surface area contributed by atoms with Crippen LogP contribution in [0.2, 0.25) is 5.02 Å². The van der Waals surface area contributed by atoms with E-state index in [2.05, 4.69) is 5.32 Å². The summed E-state index contributed by atoms with van der Waals surface area (Å²) in [5.41, 5.74) is 0.802. The Morgan fingerprint density at radius 3 is 2.50 bits per heavy atom. The van der Waals surface area contributed by atoms with Gasteiger partial charge in [-0.05, 0) is 49.1 Å². The molecule has 1 fully saturated rings. The third kappa shape index (κ3) is 6.73. The molecule has 1 saturated heterocycles. The molecule has 30 heavy (non-hydrogen) atoms. The molecular weight excluding hydrogens is 407 g/mol. The van der Waals surface area contributed by atoms with Crippen molar-refractivity contribution in [3.8, 4) is 5.75 Å². The zero-order valence-corrected chi connectivity index (χ0v) is 17.5. The van der Waals surface area contributed by atoms with Gasteiger partial charge in [-0.15, -0.1) is 0 Å². The highest BCUT2D eigenvalue weighted by Gasteiger charge is 2.23. The molecule has 1 aliphatic heterocycles. The number of rotatable bonds is 8. The Hall–Kier alpha value is -2.60. The van der Waals surface area contributed by atoms with Crippen LogP contribution < -0.4 is 10.1 Å². The summed E-state index contributed by atoms with van der Waals surface area (Å²) in [5.74, 6) is 0.340. The fourth-order valence-electron chi connectivity index (χ4n) is 3.44. The average molecular weight is 433 g/mol. The Morgan fingerprint density at radius 1 is 1.10 bits per heavy atom. The van der Waals surface area contributed by atoms with Crippen LogP contribution >= 0.6 is 11.6 Å². The second kappa shape index (κ2) is 11.0. The maximum atomic E-state index is 13.0. The first-order valence-corrected chi connectivity index (χ1v) is 10.6. The summed E-state index contributed by atoms with van der Waals surface area (Å²) in [6.45, 7) is 1.65. The summed E-state index contributed by atoms with van der Waals surface area (Å²) < 4.78 is 18.6. The number of hydrogen-bond acceptors (Lipinski definition) is 3. The van der Waals surface area contributed by atoms with Crippen molar-refractivity contribution in [3.63, 3.8) is 0 Å². The number of nitrogens with one attached hydrogen (secondary N) is 1. The Balaban J connectivity index is 1.32. The van der Waals surface area contributed by atoms with Crippen molar-refractivity contribution in [2.24, 2.45) is 0 Å². The minimum absolute atomic E-state index is 0.00570. The van der Waals surface area contributed by atoms with Gasteiger partial charge >= 0.3 is 0 Å². The summed E-state index contributed by atoms with van der Waals surface area (Å²) in [4.78, 5) is 26.4. The number of carbonyl (C=O) groups is 2. The molecule has 1 aliphatic rings. The molecule has 0 spiro atoms. The Morgan fingerprint density at radius 2 is 1.80 bits per heavy atom. The predicted molar refractivity (Wildman–Crippen MR) is 114 cm³/mol. The number of amides is 2. The van der Waals surface area contributed by atoms with Gasteiger partial charge in [0.15, 0.2) is 0 Å². The van der Waals surface area contributed by atoms with E-state index >= 15 is 0 Å². The minimum Gasteiger partial charge on any atom is -0.492 e. The number of hydrogen-bond donors (Lipinski definition) is 1. The van der Waals surface area contributed by atoms with Crippen LogP contribution in [0.25, 0.3) is 0 Å². The van der Waals surface area contributed by atoms with Gasteiger partial charge in [-0.1, -0.05) is 35.9 Å². The van der Waals surface area contributed by atoms with Crippen LogP contribution in [0.15, 0.2) is 48.5 Å². The normalized spacial score (nSPS) is 14.4. The van der Waals surface area contributed by atoms with Crippen LogP contribution in [0.1, 0.15) is 31.2 Å². The number of nitrogens with zero attached hydrogens (tertiary/aromatic N) is 1. The van der Waals surface area contributed by atoms with Crippen LogP contribution in [-0.2, 0) is 16.0 Å². The lowest BCUT2D eigenvalue weighted by Gasteiger charge is -2.32. The van der Waals surface area contributed by atoms with Gasteiger partial charge in [-0.3, -0.25) is 9.59 Å². The van der Waals surface area contributed by atoms with Crippen molar-refractivity contribution in [2.45, 2.75) is 38.1 Å². The number of para-hydroxylation sites is 1. The van der Waals surface area contributed by atoms with Gasteiger partial charge in [-0.2, -0.15) is 0 Å². The summed E-state index contributed by atoms with van der Waals surface area (Å²) in [7, 11) is 0. The number of ether oxygens (including phenoxy) is 1. The van der Waals surface area contributed by atoms with E-state index in [1.165, 1.54) is 12.1 Å². The lowest BCUT2D eigenvalue weighted by molar-refractivity contribution is -0.131. The quantitative estimate of drug-likeness (QED) is 0.642. The van der Waals surface area contributed by atoms with Crippen molar-refractivity contribution in [2.75, 3.05) is 19.7 Å². The molecule has 7 heteroatoms. The van der Waals surface area contributed by atoms with Gasteiger partial charge in [-0.25, -0.2) is 4.39 Å². The maximum Gasteiger partial charge on any atom is 0.226 e. The molecule has 1 heterocycles. The number of carbonyl (C=O) groups excluding carboxylic acids is 2. The van der Waals surface area contributed by atoms with Crippen molar-refractivity contribution in [1.82, 2.24) is 10.2 Å². The first kappa shape index (κ1) is 22.1. The minimum atomic E-state index is -0.307. The highest BCUT2D eigenvalue weighted by molar-refractivity contribution is 6.32. The molecule has 160 valence electrons. The first-order chi connectivity index (χ1) is 14.5. The van der Waals surface area contributed by atoms with Crippen molar-refractivity contribution in [1.29, 1.82) is 0 Å². The van der Waals surface area contributed by atoms with Crippen molar-refractivity contribution in [3.05, 3.63) is 64.9 Å². The molecule has 0 radical (unpaired) electrons. The SMILES string of the molecule is O=C(CCCOc1ccccc1Cl)NC1CCN(C(=O)Cc2ccc(F)cc2)CC1. The van der Waals surface area contributed by atoms with Gasteiger partial charge in [0, 0.05) is 25.6 Å². The van der Waals surface area contributed by atoms with Crippen LogP contribution in [0.4, 0.5) is 4.39 Å². The van der Waals surface area contributed by atoms with E-state index in [9.17, 15) is 14.0 Å². The molecule has 0 aliphatic carbocycles. The second-order valence-corrected chi connectivity index (χ2v) is 7.82. The molecule has 0 unspecified atom stereocenters. The molecule has 0 bridgehead atoms. The molecule has 2 aromatic carbocycles. The Bertz CT molecular complexity index is 852. The zero-order chi connectivity index (χ0) is 21.3. The van der Waals surface area contributed by atoms with Crippen LogP contribution in [0.3, 0.4) is 0 Å². The molecule has 0 atom stereocenters. The standard InChI is InChI=1S/C23H26ClFN2O3/c24-20-4-1-2-5-21(20)30-15-3-6-22(28)26-19-11-13-27(14-12-19)23(29)16-17-7-9-18(25)10-8-17/h1-2,4-5,7-10,19H,3,6,11-16H2,(H,26,28). The predicted octanol–water partition coefficient (Wildman–Crippen LogP) is 3.99. The summed E-state index contributed by atoms with van der Waals surface area (Å²) in [6, 6.07) is 13.3. The number of halogens is 2. The van der Waals surface area contributed by atoms with Gasteiger partial charge in [0.05, 0.1) is 18.1 Å². The molecule has 2 aromatic rings. The van der Waals surface area contributed by atoms with E-state index < -0.39 is 0 Å². The van der Waals surface area contributed by atoms with E-state index in [0.717, 1.165) is 18.4 Å². The second-order valence-electron chi connectivity index (χ2n) is 7.41. The largest absolute Gasteiger partial charge is 0.492 e. The van der Waals surface area contributed by atoms with E-state index in [4.69, 9.17) is 16.3 Å². The van der Waals surface area contributed by atoms with Gasteiger partial charge in [0.1, 0.15) is 11.6 Å². The Kier molecular flexibility index (Phi) is 8.08. The average Bonchev–Trinajstić information content (AvgIpc) is 2.74. The maximum absolute atomic E-state index is 13.0. The fraction of sp³-hybridized carbons (Fsp3) is 0.391. The zero-order valence-electron chi connectivity index (χ0n) is 16.8. The van der Waals surface area contributed by atoms with E-state index in [-0.39, 0.29) is 30.1 Å². The molecule has 3 rings (SSSR count). The molecular formula is C23H26ClFN2O3. The number of piperidine rings is 1. The van der Waals surface area contributed by atoms with Gasteiger partial charge < -0.3 is 15.0 Å². The summed E-state index contributed by atoms with van der Waals surface area (Å²) >= 11 is 6.03. The summed E-state index contributed by atoms with van der Waals surface area (Å²) in [5, 5.41) is 3.60. The van der Waals surface area contributed by atoms with Crippen LogP contribution in [-0.4, -0.2) is 42.5 Å². The van der Waals surface area contributed by atoms with Crippen LogP contribution in [0.5, 0.6) is 5.75 Å². The van der Waals surface area contributed by atoms with Crippen LogP contribution in [0, 0.1) is 5.82 Å². The van der Waals surface area contributed by atoms with E-state index in [1.807, 2.05) is 17.0 Å². The molecule has 2 amide bonds. The third-order valence-corrected chi connectivity index (χ3v) is 5.44. The highest BCUT2D eigenvalue weighted by atomic mass is 35.5. The van der Waals surface area contributed by atoms with E-state index in [0.29, 0.717) is 43.3 Å². The van der Waals surface area contributed by atoms with Crippen molar-refractivity contribution >= 4 is 23.4 Å². The monoisotopic (exact) mass is 432 g/mol. The summed E-state index contributed by atoms with van der Waals surface area (Å²) in [6.07, 6.45) is 2.72. The van der Waals surface area contributed by atoms with Gasteiger partial charge in [0.2, 0.25) is 11.8 Å². The third-order valence-electron chi connectivity index (χ3n) is 5.12. The lowest BCUT2D eigenvalue weighted by atomic mass is 10.0. The Labute approximate surface area is 181 Å². The van der Waals surface area contributed by atoms with Gasteiger partial charge in [0.25, 0.3) is 0 Å². The molecule has 1 N–H and O–H groups in total.